The number of aromatic nitrogens is 5. The maximum Gasteiger partial charge on any atom is 0.186 e. The Morgan fingerprint density at radius 2 is 1.84 bits per heavy atom. The van der Waals surface area contributed by atoms with Gasteiger partial charge in [-0.25, -0.2) is 14.5 Å². The lowest BCUT2D eigenvalue weighted by Gasteiger charge is -2.48. The first-order valence-electron chi connectivity index (χ1n) is 10.7. The lowest BCUT2D eigenvalue weighted by Crippen LogP contribution is -2.61. The molecule has 4 aromatic heterocycles. The molecule has 0 atom stereocenters. The number of thiazole rings is 1. The van der Waals surface area contributed by atoms with E-state index < -0.39 is 0 Å². The van der Waals surface area contributed by atoms with Gasteiger partial charge in [-0.05, 0) is 65.7 Å². The number of aryl methyl sites for hydroxylation is 1. The van der Waals surface area contributed by atoms with E-state index in [0.717, 1.165) is 50.9 Å². The van der Waals surface area contributed by atoms with Crippen molar-refractivity contribution in [2.24, 2.45) is 0 Å². The molecule has 0 aromatic carbocycles. The van der Waals surface area contributed by atoms with E-state index in [1.54, 1.807) is 11.3 Å². The number of hydrogen-bond acceptors (Lipinski definition) is 7. The third kappa shape index (κ3) is 3.90. The van der Waals surface area contributed by atoms with E-state index in [2.05, 4.69) is 66.1 Å². The Balaban J connectivity index is 1.46. The normalized spacial score (nSPS) is 18.6. The van der Waals surface area contributed by atoms with Gasteiger partial charge in [-0.15, -0.1) is 0 Å². The molecule has 4 aromatic rings. The third-order valence-electron chi connectivity index (χ3n) is 5.98. The highest BCUT2D eigenvalue weighted by Crippen LogP contribution is 2.36. The van der Waals surface area contributed by atoms with E-state index >= 15 is 0 Å². The summed E-state index contributed by atoms with van der Waals surface area (Å²) in [6, 6.07) is 6.49. The summed E-state index contributed by atoms with van der Waals surface area (Å²) >= 11 is 1.72. The molecule has 0 saturated carbocycles. The van der Waals surface area contributed by atoms with Crippen LogP contribution in [0.2, 0.25) is 0 Å². The van der Waals surface area contributed by atoms with Gasteiger partial charge in [0.1, 0.15) is 11.2 Å². The molecule has 1 saturated heterocycles. The van der Waals surface area contributed by atoms with Crippen molar-refractivity contribution in [1.29, 1.82) is 0 Å². The van der Waals surface area contributed by atoms with Gasteiger partial charge in [0.2, 0.25) is 0 Å². The van der Waals surface area contributed by atoms with Crippen LogP contribution in [0.25, 0.3) is 27.3 Å². The molecule has 0 aliphatic carbocycles. The molecule has 5 rings (SSSR count). The fourth-order valence-corrected chi connectivity index (χ4v) is 5.95. The maximum absolute atomic E-state index is 4.90. The molecule has 5 heterocycles. The van der Waals surface area contributed by atoms with Gasteiger partial charge in [-0.2, -0.15) is 5.10 Å². The van der Waals surface area contributed by atoms with Crippen molar-refractivity contribution in [3.8, 4) is 11.4 Å². The molecule has 7 nitrogen and oxygen atoms in total. The van der Waals surface area contributed by atoms with Crippen molar-refractivity contribution in [2.45, 2.75) is 64.6 Å². The number of pyridine rings is 1. The summed E-state index contributed by atoms with van der Waals surface area (Å²) in [5.74, 6) is 0. The quantitative estimate of drug-likeness (QED) is 0.512. The summed E-state index contributed by atoms with van der Waals surface area (Å²) in [6.07, 6.45) is 5.96. The van der Waals surface area contributed by atoms with E-state index in [-0.39, 0.29) is 11.1 Å². The lowest BCUT2D eigenvalue weighted by atomic mass is 9.79. The molecule has 0 spiro atoms. The number of imidazole rings is 1. The number of rotatable bonds is 3. The first kappa shape index (κ1) is 20.3. The van der Waals surface area contributed by atoms with Crippen LogP contribution in [0.1, 0.15) is 46.2 Å². The number of piperidine rings is 1. The number of fused-ring (bicyclic) bond motifs is 2. The molecular formula is C23H29N7S. The molecule has 0 bridgehead atoms. The molecule has 31 heavy (non-hydrogen) atoms. The molecule has 0 amide bonds. The molecule has 162 valence electrons. The van der Waals surface area contributed by atoms with Gasteiger partial charge >= 0.3 is 0 Å². The zero-order valence-electron chi connectivity index (χ0n) is 19.0. The predicted octanol–water partition coefficient (Wildman–Crippen LogP) is 4.45. The van der Waals surface area contributed by atoms with Crippen molar-refractivity contribution >= 4 is 32.3 Å². The Kier molecular flexibility index (Phi) is 4.57. The molecule has 0 radical (unpaired) electrons. The summed E-state index contributed by atoms with van der Waals surface area (Å²) in [4.78, 5) is 16.3. The minimum absolute atomic E-state index is 0.0993. The summed E-state index contributed by atoms with van der Waals surface area (Å²) in [6.45, 7) is 11.1. The fourth-order valence-electron chi connectivity index (χ4n) is 4.95. The summed E-state index contributed by atoms with van der Waals surface area (Å²) < 4.78 is 2.94. The Bertz CT molecular complexity index is 1250. The van der Waals surface area contributed by atoms with E-state index in [1.807, 2.05) is 36.0 Å². The summed E-state index contributed by atoms with van der Waals surface area (Å²) in [5.41, 5.74) is 4.61. The van der Waals surface area contributed by atoms with Crippen molar-refractivity contribution in [3.63, 3.8) is 0 Å². The van der Waals surface area contributed by atoms with E-state index in [4.69, 9.17) is 4.98 Å². The molecular weight excluding hydrogens is 406 g/mol. The molecule has 0 unspecified atom stereocenters. The van der Waals surface area contributed by atoms with Gasteiger partial charge in [0, 0.05) is 24.2 Å². The fraction of sp³-hybridized carbons (Fsp3) is 0.478. The van der Waals surface area contributed by atoms with Crippen molar-refractivity contribution in [3.05, 3.63) is 36.3 Å². The topological polar surface area (TPSA) is 71.2 Å². The second kappa shape index (κ2) is 6.97. The van der Waals surface area contributed by atoms with Gasteiger partial charge in [0.25, 0.3) is 0 Å². The number of hydrogen-bond donors (Lipinski definition) is 1. The largest absolute Gasteiger partial charge is 0.348 e. The second-order valence-electron chi connectivity index (χ2n) is 10.0. The van der Waals surface area contributed by atoms with Gasteiger partial charge in [-0.1, -0.05) is 11.3 Å². The number of nitrogens with one attached hydrogen (secondary N) is 1. The van der Waals surface area contributed by atoms with Crippen LogP contribution in [-0.4, -0.2) is 48.7 Å². The van der Waals surface area contributed by atoms with E-state index in [1.165, 1.54) is 0 Å². The first-order chi connectivity index (χ1) is 14.6. The molecule has 1 fully saturated rings. The number of anilines is 1. The Morgan fingerprint density at radius 1 is 1.10 bits per heavy atom. The molecule has 1 aliphatic heterocycles. The molecule has 1 aliphatic rings. The van der Waals surface area contributed by atoms with E-state index in [9.17, 15) is 0 Å². The van der Waals surface area contributed by atoms with Gasteiger partial charge < -0.3 is 10.2 Å². The van der Waals surface area contributed by atoms with Crippen LogP contribution in [0.5, 0.6) is 0 Å². The van der Waals surface area contributed by atoms with Crippen LogP contribution in [0, 0.1) is 6.92 Å². The van der Waals surface area contributed by atoms with E-state index in [0.29, 0.717) is 6.04 Å². The highest BCUT2D eigenvalue weighted by Gasteiger charge is 2.39. The maximum atomic E-state index is 4.90. The van der Waals surface area contributed by atoms with Gasteiger partial charge in [0.05, 0.1) is 28.5 Å². The standard InChI is InChI=1S/C23H29N7S/c1-14-13-30-20(25-14)8-7-16(27-30)17-9-19-18(12-24-17)26-21(31-19)29(6)15-10-22(2,3)28-23(4,5)11-15/h7-9,12-13,15,28H,10-11H2,1-6H3. The zero-order chi connectivity index (χ0) is 22.0. The lowest BCUT2D eigenvalue weighted by molar-refractivity contribution is 0.161. The highest BCUT2D eigenvalue weighted by molar-refractivity contribution is 7.22. The van der Waals surface area contributed by atoms with Crippen molar-refractivity contribution in [1.82, 2.24) is 29.9 Å². The zero-order valence-corrected chi connectivity index (χ0v) is 19.8. The monoisotopic (exact) mass is 435 g/mol. The molecule has 8 heteroatoms. The minimum atomic E-state index is 0.0993. The minimum Gasteiger partial charge on any atom is -0.348 e. The summed E-state index contributed by atoms with van der Waals surface area (Å²) in [5, 5.41) is 9.49. The number of nitrogens with zero attached hydrogens (tertiary/aromatic N) is 6. The predicted molar refractivity (Wildman–Crippen MR) is 127 cm³/mol. The van der Waals surface area contributed by atoms with Crippen LogP contribution in [0.4, 0.5) is 5.13 Å². The average Bonchev–Trinajstić information content (AvgIpc) is 3.25. The van der Waals surface area contributed by atoms with Crippen LogP contribution < -0.4 is 10.2 Å². The Labute approximate surface area is 186 Å². The Hall–Kier alpha value is -2.58. The van der Waals surface area contributed by atoms with Crippen LogP contribution in [-0.2, 0) is 0 Å². The Morgan fingerprint density at radius 3 is 2.58 bits per heavy atom. The first-order valence-corrected chi connectivity index (χ1v) is 11.5. The van der Waals surface area contributed by atoms with Gasteiger partial charge in [0.15, 0.2) is 10.8 Å². The van der Waals surface area contributed by atoms with Gasteiger partial charge in [-0.3, -0.25) is 4.98 Å². The van der Waals surface area contributed by atoms with Crippen molar-refractivity contribution in [2.75, 3.05) is 11.9 Å². The van der Waals surface area contributed by atoms with Crippen LogP contribution >= 0.6 is 11.3 Å². The second-order valence-corrected chi connectivity index (χ2v) is 11.0. The highest BCUT2D eigenvalue weighted by atomic mass is 32.1. The summed E-state index contributed by atoms with van der Waals surface area (Å²) in [7, 11) is 2.17. The smallest absolute Gasteiger partial charge is 0.186 e. The van der Waals surface area contributed by atoms with Crippen LogP contribution in [0.15, 0.2) is 30.6 Å². The average molecular weight is 436 g/mol. The van der Waals surface area contributed by atoms with Crippen molar-refractivity contribution < 1.29 is 0 Å². The third-order valence-corrected chi connectivity index (χ3v) is 7.09. The SMILES string of the molecule is Cc1cn2nc(-c3cc4sc(N(C)C5CC(C)(C)NC(C)(C)C5)nc4cn3)ccc2n1. The molecule has 1 N–H and O–H groups in total. The van der Waals surface area contributed by atoms with Crippen LogP contribution in [0.3, 0.4) is 0 Å².